The maximum Gasteiger partial charge on any atom is 0.231 e. The highest BCUT2D eigenvalue weighted by molar-refractivity contribution is 9.10. The van der Waals surface area contributed by atoms with Gasteiger partial charge in [-0.05, 0) is 47.0 Å². The normalized spacial score (nSPS) is 14.8. The quantitative estimate of drug-likeness (QED) is 0.876. The molecular formula is C13H18BrNO3. The molecule has 1 aliphatic heterocycles. The fourth-order valence-corrected chi connectivity index (χ4v) is 2.42. The molecule has 1 atom stereocenters. The Kier molecular flexibility index (Phi) is 4.86. The minimum Gasteiger partial charge on any atom is -0.454 e. The van der Waals surface area contributed by atoms with Crippen LogP contribution in [0, 0.1) is 0 Å². The number of hydrogen-bond acceptors (Lipinski definition) is 4. The van der Waals surface area contributed by atoms with Crippen LogP contribution < -0.4 is 14.8 Å². The number of hydrogen-bond donors (Lipinski definition) is 1. The summed E-state index contributed by atoms with van der Waals surface area (Å²) in [5.74, 6) is 1.61. The highest BCUT2D eigenvalue weighted by Crippen LogP contribution is 2.39. The molecule has 0 bridgehead atoms. The third-order valence-corrected chi connectivity index (χ3v) is 3.49. The van der Waals surface area contributed by atoms with Crippen molar-refractivity contribution in [2.45, 2.75) is 25.9 Å². The molecule has 100 valence electrons. The Labute approximate surface area is 116 Å². The van der Waals surface area contributed by atoms with E-state index in [4.69, 9.17) is 14.2 Å². The first kappa shape index (κ1) is 13.6. The van der Waals surface area contributed by atoms with Crippen molar-refractivity contribution >= 4 is 15.9 Å². The molecule has 0 aromatic heterocycles. The zero-order valence-corrected chi connectivity index (χ0v) is 12.2. The van der Waals surface area contributed by atoms with Gasteiger partial charge in [0.2, 0.25) is 6.79 Å². The molecule has 1 unspecified atom stereocenters. The average molecular weight is 316 g/mol. The maximum absolute atomic E-state index is 5.39. The van der Waals surface area contributed by atoms with Gasteiger partial charge >= 0.3 is 0 Å². The van der Waals surface area contributed by atoms with Gasteiger partial charge in [0.25, 0.3) is 0 Å². The van der Waals surface area contributed by atoms with E-state index >= 15 is 0 Å². The molecule has 1 heterocycles. The lowest BCUT2D eigenvalue weighted by molar-refractivity contribution is 0.173. The van der Waals surface area contributed by atoms with Crippen LogP contribution in [-0.4, -0.2) is 26.6 Å². The number of benzene rings is 1. The molecule has 0 radical (unpaired) electrons. The van der Waals surface area contributed by atoms with Crippen LogP contribution in [0.3, 0.4) is 0 Å². The smallest absolute Gasteiger partial charge is 0.231 e. The minimum absolute atomic E-state index is 0.301. The average Bonchev–Trinajstić information content (AvgIpc) is 2.82. The van der Waals surface area contributed by atoms with E-state index in [-0.39, 0.29) is 0 Å². The second kappa shape index (κ2) is 6.41. The third kappa shape index (κ3) is 3.37. The van der Waals surface area contributed by atoms with Crippen molar-refractivity contribution in [2.75, 3.05) is 20.5 Å². The van der Waals surface area contributed by atoms with E-state index < -0.39 is 0 Å². The van der Waals surface area contributed by atoms with E-state index in [9.17, 15) is 0 Å². The molecule has 4 nitrogen and oxygen atoms in total. The SMILES string of the molecule is COCCC(C)NCc1cc(Br)c2c(c1)OCO2. The van der Waals surface area contributed by atoms with E-state index in [0.717, 1.165) is 35.5 Å². The van der Waals surface area contributed by atoms with Gasteiger partial charge in [-0.1, -0.05) is 0 Å². The van der Waals surface area contributed by atoms with Crippen molar-refractivity contribution in [3.8, 4) is 11.5 Å². The predicted octanol–water partition coefficient (Wildman–Crippen LogP) is 2.69. The van der Waals surface area contributed by atoms with Gasteiger partial charge in [-0.25, -0.2) is 0 Å². The Morgan fingerprint density at radius 2 is 2.28 bits per heavy atom. The first-order valence-corrected chi connectivity index (χ1v) is 6.80. The molecule has 0 amide bonds. The van der Waals surface area contributed by atoms with Gasteiger partial charge in [-0.2, -0.15) is 0 Å². The summed E-state index contributed by atoms with van der Waals surface area (Å²) >= 11 is 3.49. The van der Waals surface area contributed by atoms with Gasteiger partial charge in [0.15, 0.2) is 11.5 Å². The Hall–Kier alpha value is -0.780. The van der Waals surface area contributed by atoms with Gasteiger partial charge in [0.1, 0.15) is 0 Å². The molecule has 1 aromatic carbocycles. The first-order valence-electron chi connectivity index (χ1n) is 6.01. The molecule has 1 aliphatic rings. The lowest BCUT2D eigenvalue weighted by Crippen LogP contribution is -2.26. The Bertz CT molecular complexity index is 411. The number of rotatable bonds is 6. The number of methoxy groups -OCH3 is 1. The lowest BCUT2D eigenvalue weighted by Gasteiger charge is -2.13. The molecule has 0 saturated heterocycles. The molecule has 0 spiro atoms. The maximum atomic E-state index is 5.39. The predicted molar refractivity (Wildman–Crippen MR) is 73.1 cm³/mol. The summed E-state index contributed by atoms with van der Waals surface area (Å²) < 4.78 is 16.8. The highest BCUT2D eigenvalue weighted by atomic mass is 79.9. The second-order valence-corrected chi connectivity index (χ2v) is 5.23. The summed E-state index contributed by atoms with van der Waals surface area (Å²) in [5, 5.41) is 3.45. The molecular weight excluding hydrogens is 298 g/mol. The van der Waals surface area contributed by atoms with Crippen LogP contribution >= 0.6 is 15.9 Å². The minimum atomic E-state index is 0.301. The van der Waals surface area contributed by atoms with Crippen molar-refractivity contribution in [1.82, 2.24) is 5.32 Å². The summed E-state index contributed by atoms with van der Waals surface area (Å²) in [6.45, 7) is 4.04. The van der Waals surface area contributed by atoms with Crippen LogP contribution in [0.2, 0.25) is 0 Å². The molecule has 2 rings (SSSR count). The van der Waals surface area contributed by atoms with E-state index in [2.05, 4.69) is 34.2 Å². The van der Waals surface area contributed by atoms with Gasteiger partial charge in [0.05, 0.1) is 4.47 Å². The highest BCUT2D eigenvalue weighted by Gasteiger charge is 2.17. The van der Waals surface area contributed by atoms with Crippen molar-refractivity contribution in [1.29, 1.82) is 0 Å². The van der Waals surface area contributed by atoms with Crippen LogP contribution in [0.25, 0.3) is 0 Å². The number of halogens is 1. The van der Waals surface area contributed by atoms with Gasteiger partial charge in [-0.15, -0.1) is 0 Å². The largest absolute Gasteiger partial charge is 0.454 e. The zero-order chi connectivity index (χ0) is 13.0. The fraction of sp³-hybridized carbons (Fsp3) is 0.538. The van der Waals surface area contributed by atoms with Gasteiger partial charge in [0, 0.05) is 26.3 Å². The van der Waals surface area contributed by atoms with Crippen LogP contribution in [-0.2, 0) is 11.3 Å². The van der Waals surface area contributed by atoms with Crippen LogP contribution in [0.15, 0.2) is 16.6 Å². The summed E-state index contributed by atoms with van der Waals surface area (Å²) in [5.41, 5.74) is 1.18. The Morgan fingerprint density at radius 3 is 3.06 bits per heavy atom. The molecule has 18 heavy (non-hydrogen) atoms. The Morgan fingerprint density at radius 1 is 1.44 bits per heavy atom. The molecule has 5 heteroatoms. The topological polar surface area (TPSA) is 39.7 Å². The van der Waals surface area contributed by atoms with Crippen molar-refractivity contribution < 1.29 is 14.2 Å². The van der Waals surface area contributed by atoms with E-state index in [1.807, 2.05) is 6.07 Å². The molecule has 0 fully saturated rings. The summed E-state index contributed by atoms with van der Waals surface area (Å²) in [6.07, 6.45) is 1.00. The second-order valence-electron chi connectivity index (χ2n) is 4.37. The van der Waals surface area contributed by atoms with E-state index in [1.54, 1.807) is 7.11 Å². The molecule has 1 N–H and O–H groups in total. The first-order chi connectivity index (χ1) is 8.70. The number of fused-ring (bicyclic) bond motifs is 1. The zero-order valence-electron chi connectivity index (χ0n) is 10.7. The Balaban J connectivity index is 1.92. The molecule has 0 saturated carbocycles. The standard InChI is InChI=1S/C13H18BrNO3/c1-9(3-4-16-2)15-7-10-5-11(14)13-12(6-10)17-8-18-13/h5-6,9,15H,3-4,7-8H2,1-2H3. The van der Waals surface area contributed by atoms with Crippen molar-refractivity contribution in [3.05, 3.63) is 22.2 Å². The van der Waals surface area contributed by atoms with Crippen molar-refractivity contribution in [2.24, 2.45) is 0 Å². The lowest BCUT2D eigenvalue weighted by atomic mass is 10.1. The summed E-state index contributed by atoms with van der Waals surface area (Å²) in [6, 6.07) is 4.50. The van der Waals surface area contributed by atoms with Crippen LogP contribution in [0.1, 0.15) is 18.9 Å². The fourth-order valence-electron chi connectivity index (χ4n) is 1.81. The molecule has 1 aromatic rings. The van der Waals surface area contributed by atoms with Gasteiger partial charge in [-0.3, -0.25) is 0 Å². The van der Waals surface area contributed by atoms with Crippen LogP contribution in [0.4, 0.5) is 0 Å². The monoisotopic (exact) mass is 315 g/mol. The van der Waals surface area contributed by atoms with Crippen LogP contribution in [0.5, 0.6) is 11.5 Å². The summed E-state index contributed by atoms with van der Waals surface area (Å²) in [7, 11) is 1.72. The van der Waals surface area contributed by atoms with Gasteiger partial charge < -0.3 is 19.5 Å². The number of nitrogens with one attached hydrogen (secondary N) is 1. The third-order valence-electron chi connectivity index (χ3n) is 2.90. The van der Waals surface area contributed by atoms with E-state index in [1.165, 1.54) is 5.56 Å². The van der Waals surface area contributed by atoms with Crippen molar-refractivity contribution in [3.63, 3.8) is 0 Å². The molecule has 0 aliphatic carbocycles. The summed E-state index contributed by atoms with van der Waals surface area (Å²) in [4.78, 5) is 0. The van der Waals surface area contributed by atoms with E-state index in [0.29, 0.717) is 12.8 Å². The number of ether oxygens (including phenoxy) is 3.